The Balaban J connectivity index is 2.02. The van der Waals surface area contributed by atoms with Gasteiger partial charge < -0.3 is 10.6 Å². The van der Waals surface area contributed by atoms with E-state index in [1.165, 1.54) is 11.3 Å². The molecule has 2 heterocycles. The van der Waals surface area contributed by atoms with Crippen LogP contribution in [0.3, 0.4) is 0 Å². The summed E-state index contributed by atoms with van der Waals surface area (Å²) in [6.45, 7) is 4.89. The van der Waals surface area contributed by atoms with E-state index in [1.54, 1.807) is 12.3 Å². The highest BCUT2D eigenvalue weighted by Crippen LogP contribution is 2.26. The summed E-state index contributed by atoms with van der Waals surface area (Å²) in [6.07, 6.45) is 2.67. The molecule has 0 aliphatic heterocycles. The molecule has 0 aliphatic carbocycles. The van der Waals surface area contributed by atoms with Gasteiger partial charge in [-0.1, -0.05) is 18.5 Å². The third-order valence-electron chi connectivity index (χ3n) is 2.94. The molecule has 1 atom stereocenters. The second-order valence-corrected chi connectivity index (χ2v) is 6.44. The monoisotopic (exact) mass is 323 g/mol. The van der Waals surface area contributed by atoms with Crippen LogP contribution in [-0.2, 0) is 0 Å². The van der Waals surface area contributed by atoms with Crippen molar-refractivity contribution in [2.45, 2.75) is 26.3 Å². The number of amides is 1. The maximum Gasteiger partial charge on any atom is 0.270 e. The number of pyridine rings is 1. The van der Waals surface area contributed by atoms with Crippen molar-refractivity contribution < 1.29 is 4.79 Å². The van der Waals surface area contributed by atoms with Gasteiger partial charge in [-0.25, -0.2) is 0 Å². The zero-order valence-electron chi connectivity index (χ0n) is 12.0. The first-order valence-electron chi connectivity index (χ1n) is 6.86. The minimum absolute atomic E-state index is 0.0935. The molecule has 0 saturated carbocycles. The molecule has 21 heavy (non-hydrogen) atoms. The predicted octanol–water partition coefficient (Wildman–Crippen LogP) is 4.11. The first-order chi connectivity index (χ1) is 10.1. The van der Waals surface area contributed by atoms with Crippen molar-refractivity contribution in [3.8, 4) is 0 Å². The summed E-state index contributed by atoms with van der Waals surface area (Å²) in [6, 6.07) is 7.28. The van der Waals surface area contributed by atoms with E-state index in [2.05, 4.69) is 22.5 Å². The molecule has 4 nitrogen and oxygen atoms in total. The molecular weight excluding hydrogens is 306 g/mol. The number of carbonyl (C=O) groups is 1. The van der Waals surface area contributed by atoms with Crippen LogP contribution in [0.1, 0.15) is 41.7 Å². The van der Waals surface area contributed by atoms with Gasteiger partial charge in [0.1, 0.15) is 5.69 Å². The summed E-state index contributed by atoms with van der Waals surface area (Å²) in [5.74, 6) is -0.188. The minimum atomic E-state index is -0.188. The topological polar surface area (TPSA) is 54.0 Å². The molecule has 0 saturated heterocycles. The number of rotatable bonds is 6. The number of thiophene rings is 1. The van der Waals surface area contributed by atoms with Crippen LogP contribution in [0.25, 0.3) is 0 Å². The van der Waals surface area contributed by atoms with Crippen LogP contribution >= 0.6 is 22.9 Å². The lowest BCUT2D eigenvalue weighted by Crippen LogP contribution is -2.27. The van der Waals surface area contributed by atoms with Gasteiger partial charge in [0.25, 0.3) is 5.91 Å². The second kappa shape index (κ2) is 7.43. The zero-order chi connectivity index (χ0) is 15.2. The molecule has 0 aliphatic rings. The van der Waals surface area contributed by atoms with Crippen LogP contribution in [0, 0.1) is 0 Å². The Hall–Kier alpha value is -1.59. The Kier molecular flexibility index (Phi) is 5.59. The molecule has 2 rings (SSSR count). The molecule has 112 valence electrons. The van der Waals surface area contributed by atoms with Gasteiger partial charge in [-0.3, -0.25) is 9.78 Å². The van der Waals surface area contributed by atoms with Gasteiger partial charge in [-0.05, 0) is 37.6 Å². The van der Waals surface area contributed by atoms with E-state index in [-0.39, 0.29) is 11.9 Å². The lowest BCUT2D eigenvalue weighted by Gasteiger charge is -2.12. The van der Waals surface area contributed by atoms with Crippen molar-refractivity contribution in [3.05, 3.63) is 45.4 Å². The third-order valence-corrected chi connectivity index (χ3v) is 4.35. The van der Waals surface area contributed by atoms with E-state index in [0.717, 1.165) is 27.9 Å². The largest absolute Gasteiger partial charge is 0.385 e. The molecule has 0 aromatic carbocycles. The van der Waals surface area contributed by atoms with Gasteiger partial charge in [0.05, 0.1) is 10.4 Å². The van der Waals surface area contributed by atoms with Gasteiger partial charge in [-0.15, -0.1) is 11.3 Å². The molecule has 2 aromatic heterocycles. The predicted molar refractivity (Wildman–Crippen MR) is 88.2 cm³/mol. The van der Waals surface area contributed by atoms with Gasteiger partial charge in [0, 0.05) is 23.3 Å². The zero-order valence-corrected chi connectivity index (χ0v) is 13.6. The molecule has 2 N–H and O–H groups in total. The minimum Gasteiger partial charge on any atom is -0.385 e. The Labute approximate surface area is 133 Å². The van der Waals surface area contributed by atoms with Crippen LogP contribution in [0.15, 0.2) is 30.5 Å². The van der Waals surface area contributed by atoms with Gasteiger partial charge >= 0.3 is 0 Å². The number of aromatic nitrogens is 1. The summed E-state index contributed by atoms with van der Waals surface area (Å²) in [4.78, 5) is 17.4. The standard InChI is InChI=1S/C15H18ClN3OS/c1-3-7-17-11-6-8-18-12(9-11)15(20)19-10(2)13-4-5-14(16)21-13/h4-6,8-10H,3,7H2,1-2H3,(H,17,18)(H,19,20). The lowest BCUT2D eigenvalue weighted by atomic mass is 10.2. The van der Waals surface area contributed by atoms with Gasteiger partial charge in [-0.2, -0.15) is 0 Å². The number of nitrogens with one attached hydrogen (secondary N) is 2. The average molecular weight is 324 g/mol. The fourth-order valence-corrected chi connectivity index (χ4v) is 2.90. The van der Waals surface area contributed by atoms with Crippen molar-refractivity contribution in [2.24, 2.45) is 0 Å². The molecule has 0 spiro atoms. The van der Waals surface area contributed by atoms with E-state index < -0.39 is 0 Å². The lowest BCUT2D eigenvalue weighted by molar-refractivity contribution is 0.0935. The first kappa shape index (κ1) is 15.8. The van der Waals surface area contributed by atoms with E-state index in [4.69, 9.17) is 11.6 Å². The summed E-state index contributed by atoms with van der Waals surface area (Å²) in [5, 5.41) is 6.17. The third kappa shape index (κ3) is 4.44. The number of carbonyl (C=O) groups excluding carboxylic acids is 1. The summed E-state index contributed by atoms with van der Waals surface area (Å²) >= 11 is 7.38. The van der Waals surface area contributed by atoms with Crippen molar-refractivity contribution in [1.29, 1.82) is 0 Å². The molecule has 1 unspecified atom stereocenters. The summed E-state index contributed by atoms with van der Waals surface area (Å²) in [7, 11) is 0. The Morgan fingerprint density at radius 3 is 2.90 bits per heavy atom. The molecule has 1 amide bonds. The number of halogens is 1. The van der Waals surface area contributed by atoms with Crippen molar-refractivity contribution >= 4 is 34.5 Å². The highest BCUT2D eigenvalue weighted by Gasteiger charge is 2.14. The smallest absolute Gasteiger partial charge is 0.270 e. The number of nitrogens with zero attached hydrogens (tertiary/aromatic N) is 1. The van der Waals surface area contributed by atoms with E-state index in [0.29, 0.717) is 5.69 Å². The second-order valence-electron chi connectivity index (χ2n) is 4.69. The maximum absolute atomic E-state index is 12.2. The number of anilines is 1. The van der Waals surface area contributed by atoms with Crippen molar-refractivity contribution in [3.63, 3.8) is 0 Å². The van der Waals surface area contributed by atoms with Crippen LogP contribution in [0.4, 0.5) is 5.69 Å². The molecule has 0 fully saturated rings. The normalized spacial score (nSPS) is 12.0. The van der Waals surface area contributed by atoms with E-state index in [9.17, 15) is 4.79 Å². The number of hydrogen-bond donors (Lipinski definition) is 2. The van der Waals surface area contributed by atoms with Crippen LogP contribution in [-0.4, -0.2) is 17.4 Å². The van der Waals surface area contributed by atoms with Crippen LogP contribution in [0.2, 0.25) is 4.34 Å². The Bertz CT molecular complexity index is 614. The molecule has 2 aromatic rings. The molecule has 0 radical (unpaired) electrons. The van der Waals surface area contributed by atoms with Crippen molar-refractivity contribution in [2.75, 3.05) is 11.9 Å². The van der Waals surface area contributed by atoms with Crippen LogP contribution in [0.5, 0.6) is 0 Å². The van der Waals surface area contributed by atoms with Crippen molar-refractivity contribution in [1.82, 2.24) is 10.3 Å². The highest BCUT2D eigenvalue weighted by molar-refractivity contribution is 7.16. The maximum atomic E-state index is 12.2. The quantitative estimate of drug-likeness (QED) is 0.841. The fourth-order valence-electron chi connectivity index (χ4n) is 1.84. The molecule has 0 bridgehead atoms. The Morgan fingerprint density at radius 1 is 1.43 bits per heavy atom. The van der Waals surface area contributed by atoms with Crippen LogP contribution < -0.4 is 10.6 Å². The molecule has 6 heteroatoms. The van der Waals surface area contributed by atoms with E-state index in [1.807, 2.05) is 25.1 Å². The SMILES string of the molecule is CCCNc1ccnc(C(=O)NC(C)c2ccc(Cl)s2)c1. The Morgan fingerprint density at radius 2 is 2.24 bits per heavy atom. The van der Waals surface area contributed by atoms with E-state index >= 15 is 0 Å². The fraction of sp³-hybridized carbons (Fsp3) is 0.333. The van der Waals surface area contributed by atoms with Gasteiger partial charge in [0.15, 0.2) is 0 Å². The summed E-state index contributed by atoms with van der Waals surface area (Å²) in [5.41, 5.74) is 1.31. The highest BCUT2D eigenvalue weighted by atomic mass is 35.5. The first-order valence-corrected chi connectivity index (χ1v) is 8.05. The average Bonchev–Trinajstić information content (AvgIpc) is 2.92. The number of hydrogen-bond acceptors (Lipinski definition) is 4. The van der Waals surface area contributed by atoms with Gasteiger partial charge in [0.2, 0.25) is 0 Å². The molecular formula is C15H18ClN3OS. The summed E-state index contributed by atoms with van der Waals surface area (Å²) < 4.78 is 0.718.